The second kappa shape index (κ2) is 4.65. The molecule has 0 spiro atoms. The quantitative estimate of drug-likeness (QED) is 0.862. The van der Waals surface area contributed by atoms with Gasteiger partial charge >= 0.3 is 0 Å². The summed E-state index contributed by atoms with van der Waals surface area (Å²) in [4.78, 5) is 8.73. The minimum Gasteiger partial charge on any atom is -0.314 e. The van der Waals surface area contributed by atoms with Gasteiger partial charge in [0.2, 0.25) is 0 Å². The van der Waals surface area contributed by atoms with E-state index in [1.54, 1.807) is 11.0 Å². The van der Waals surface area contributed by atoms with Gasteiger partial charge in [-0.3, -0.25) is 4.68 Å². The van der Waals surface area contributed by atoms with Crippen molar-refractivity contribution in [3.63, 3.8) is 0 Å². The van der Waals surface area contributed by atoms with Crippen LogP contribution < -0.4 is 5.32 Å². The van der Waals surface area contributed by atoms with Crippen LogP contribution in [0.4, 0.5) is 0 Å². The Morgan fingerprint density at radius 1 is 1.44 bits per heavy atom. The molecule has 1 unspecified atom stereocenters. The van der Waals surface area contributed by atoms with Crippen LogP contribution in [0, 0.1) is 5.92 Å². The van der Waals surface area contributed by atoms with Gasteiger partial charge < -0.3 is 5.32 Å². The van der Waals surface area contributed by atoms with Crippen LogP contribution in [-0.2, 0) is 13.5 Å². The maximum Gasteiger partial charge on any atom is 0.161 e. The molecule has 2 aromatic heterocycles. The van der Waals surface area contributed by atoms with Crippen LogP contribution in [0.25, 0.3) is 11.0 Å². The van der Waals surface area contributed by atoms with Crippen LogP contribution in [0.1, 0.15) is 25.5 Å². The third-order valence-electron chi connectivity index (χ3n) is 3.68. The largest absolute Gasteiger partial charge is 0.314 e. The first-order valence-corrected chi connectivity index (χ1v) is 6.64. The fraction of sp³-hybridized carbons (Fsp3) is 0.615. The number of rotatable bonds is 5. The zero-order chi connectivity index (χ0) is 12.5. The van der Waals surface area contributed by atoms with E-state index in [2.05, 4.69) is 27.3 Å². The highest BCUT2D eigenvalue weighted by molar-refractivity contribution is 5.76. The van der Waals surface area contributed by atoms with Crippen molar-refractivity contribution in [1.82, 2.24) is 25.1 Å². The molecule has 2 aromatic rings. The Balaban J connectivity index is 1.88. The summed E-state index contributed by atoms with van der Waals surface area (Å²) < 4.78 is 1.81. The highest BCUT2D eigenvalue weighted by atomic mass is 15.3. The first kappa shape index (κ1) is 11.6. The van der Waals surface area contributed by atoms with E-state index in [9.17, 15) is 0 Å². The number of hydrogen-bond acceptors (Lipinski definition) is 4. The zero-order valence-corrected chi connectivity index (χ0v) is 10.9. The molecule has 0 bridgehead atoms. The lowest BCUT2D eigenvalue weighted by Gasteiger charge is -2.16. The molecule has 5 heteroatoms. The lowest BCUT2D eigenvalue weighted by molar-refractivity contribution is 0.469. The summed E-state index contributed by atoms with van der Waals surface area (Å²) in [6.07, 6.45) is 7.19. The third kappa shape index (κ3) is 2.10. The molecule has 0 aromatic carbocycles. The first-order chi connectivity index (χ1) is 8.79. The number of aryl methyl sites for hydroxylation is 1. The molecule has 5 nitrogen and oxygen atoms in total. The summed E-state index contributed by atoms with van der Waals surface area (Å²) in [6, 6.07) is 0.549. The predicted octanol–water partition coefficient (Wildman–Crippen LogP) is 1.29. The first-order valence-electron chi connectivity index (χ1n) is 6.64. The zero-order valence-electron chi connectivity index (χ0n) is 10.9. The fourth-order valence-corrected chi connectivity index (χ4v) is 2.55. The molecule has 1 atom stereocenters. The maximum atomic E-state index is 4.45. The number of likely N-dealkylation sites (N-methyl/N-ethyl adjacent to an activating group) is 1. The Bertz CT molecular complexity index is 543. The highest BCUT2D eigenvalue weighted by Gasteiger charge is 2.31. The van der Waals surface area contributed by atoms with Gasteiger partial charge in [0.1, 0.15) is 6.33 Å². The molecule has 96 valence electrons. The molecular formula is C13H19N5. The Labute approximate surface area is 107 Å². The molecule has 1 saturated carbocycles. The van der Waals surface area contributed by atoms with Crippen molar-refractivity contribution in [3.8, 4) is 0 Å². The van der Waals surface area contributed by atoms with Gasteiger partial charge in [-0.2, -0.15) is 5.10 Å². The number of nitrogens with one attached hydrogen (secondary N) is 1. The number of nitrogens with zero attached hydrogens (tertiary/aromatic N) is 4. The summed E-state index contributed by atoms with van der Waals surface area (Å²) in [5.74, 6) is 0.826. The predicted molar refractivity (Wildman–Crippen MR) is 70.2 cm³/mol. The van der Waals surface area contributed by atoms with Gasteiger partial charge in [0.05, 0.1) is 17.3 Å². The summed E-state index contributed by atoms with van der Waals surface area (Å²) in [6.45, 7) is 3.18. The number of aromatic nitrogens is 4. The summed E-state index contributed by atoms with van der Waals surface area (Å²) in [7, 11) is 1.92. The third-order valence-corrected chi connectivity index (χ3v) is 3.68. The van der Waals surface area contributed by atoms with E-state index in [1.807, 2.05) is 13.2 Å². The Morgan fingerprint density at radius 2 is 2.28 bits per heavy atom. The van der Waals surface area contributed by atoms with Crippen molar-refractivity contribution in [2.24, 2.45) is 13.0 Å². The van der Waals surface area contributed by atoms with E-state index < -0.39 is 0 Å². The van der Waals surface area contributed by atoms with Gasteiger partial charge in [0.25, 0.3) is 0 Å². The van der Waals surface area contributed by atoms with Gasteiger partial charge in [-0.15, -0.1) is 0 Å². The molecule has 0 saturated heterocycles. The van der Waals surface area contributed by atoms with Gasteiger partial charge in [0.15, 0.2) is 5.65 Å². The molecule has 1 N–H and O–H groups in total. The van der Waals surface area contributed by atoms with Crippen molar-refractivity contribution < 1.29 is 0 Å². The lowest BCUT2D eigenvalue weighted by Crippen LogP contribution is -2.33. The van der Waals surface area contributed by atoms with Gasteiger partial charge in [0, 0.05) is 19.5 Å². The maximum absolute atomic E-state index is 4.45. The van der Waals surface area contributed by atoms with Crippen LogP contribution >= 0.6 is 0 Å². The molecule has 2 heterocycles. The van der Waals surface area contributed by atoms with E-state index in [1.165, 1.54) is 12.8 Å². The average molecular weight is 245 g/mol. The van der Waals surface area contributed by atoms with Gasteiger partial charge in [-0.1, -0.05) is 6.92 Å². The van der Waals surface area contributed by atoms with Crippen LogP contribution in [0.5, 0.6) is 0 Å². The fourth-order valence-electron chi connectivity index (χ4n) is 2.55. The molecule has 0 aliphatic heterocycles. The van der Waals surface area contributed by atoms with Crippen molar-refractivity contribution in [2.45, 2.75) is 32.2 Å². The summed E-state index contributed by atoms with van der Waals surface area (Å²) >= 11 is 0. The van der Waals surface area contributed by atoms with Crippen LogP contribution in [0.3, 0.4) is 0 Å². The molecule has 1 aliphatic rings. The van der Waals surface area contributed by atoms with Gasteiger partial charge in [-0.25, -0.2) is 9.97 Å². The molecule has 1 aliphatic carbocycles. The normalized spacial score (nSPS) is 17.2. The minimum absolute atomic E-state index is 0.549. The van der Waals surface area contributed by atoms with Crippen molar-refractivity contribution >= 4 is 11.0 Å². The van der Waals surface area contributed by atoms with Crippen molar-refractivity contribution in [3.05, 3.63) is 18.2 Å². The van der Waals surface area contributed by atoms with E-state index in [-0.39, 0.29) is 0 Å². The minimum atomic E-state index is 0.549. The summed E-state index contributed by atoms with van der Waals surface area (Å²) in [5, 5.41) is 8.93. The molecule has 0 radical (unpaired) electrons. The topological polar surface area (TPSA) is 55.6 Å². The molecule has 1 fully saturated rings. The molecular weight excluding hydrogens is 226 g/mol. The van der Waals surface area contributed by atoms with Crippen molar-refractivity contribution in [2.75, 3.05) is 6.54 Å². The van der Waals surface area contributed by atoms with Crippen LogP contribution in [-0.4, -0.2) is 32.3 Å². The van der Waals surface area contributed by atoms with Gasteiger partial charge in [-0.05, 0) is 25.3 Å². The average Bonchev–Trinajstić information content (AvgIpc) is 3.15. The second-order valence-corrected chi connectivity index (χ2v) is 5.03. The monoisotopic (exact) mass is 245 g/mol. The summed E-state index contributed by atoms with van der Waals surface area (Å²) in [5.41, 5.74) is 2.04. The van der Waals surface area contributed by atoms with E-state index in [4.69, 9.17) is 0 Å². The number of hydrogen-bond donors (Lipinski definition) is 1. The SMILES string of the molecule is CCNC(Cc1ncnc2c1cnn2C)C1CC1. The molecule has 3 rings (SSSR count). The smallest absolute Gasteiger partial charge is 0.161 e. The Kier molecular flexibility index (Phi) is 2.99. The van der Waals surface area contributed by atoms with E-state index >= 15 is 0 Å². The Hall–Kier alpha value is -1.49. The standard InChI is InChI=1S/C13H19N5/c1-3-14-11(9-4-5-9)6-12-10-7-17-18(2)13(10)16-8-15-12/h7-9,11,14H,3-6H2,1-2H3. The Morgan fingerprint density at radius 3 is 3.00 bits per heavy atom. The van der Waals surface area contributed by atoms with Crippen LogP contribution in [0.2, 0.25) is 0 Å². The highest BCUT2D eigenvalue weighted by Crippen LogP contribution is 2.34. The number of fused-ring (bicyclic) bond motifs is 1. The van der Waals surface area contributed by atoms with E-state index in [0.717, 1.165) is 35.6 Å². The second-order valence-electron chi connectivity index (χ2n) is 5.03. The van der Waals surface area contributed by atoms with Crippen molar-refractivity contribution in [1.29, 1.82) is 0 Å². The van der Waals surface area contributed by atoms with Crippen LogP contribution in [0.15, 0.2) is 12.5 Å². The van der Waals surface area contributed by atoms with E-state index in [0.29, 0.717) is 6.04 Å². The molecule has 18 heavy (non-hydrogen) atoms. The molecule has 0 amide bonds. The lowest BCUT2D eigenvalue weighted by atomic mass is 10.0.